The number of likely N-dealkylation sites (tertiary alicyclic amines) is 1. The van der Waals surface area contributed by atoms with Crippen LogP contribution in [0.2, 0.25) is 0 Å². The number of carbonyl (C=O) groups is 1. The molecule has 3 fully saturated rings. The van der Waals surface area contributed by atoms with Gasteiger partial charge in [0, 0.05) is 38.9 Å². The molecule has 2 amide bonds. The molecule has 3 heterocycles. The molecule has 0 bridgehead atoms. The van der Waals surface area contributed by atoms with Crippen molar-refractivity contribution in [3.63, 3.8) is 0 Å². The SMILES string of the molecule is O=C1NCCN1c1cnn(C2CN(CC3CCCCC3)C2)c1. The van der Waals surface area contributed by atoms with Crippen LogP contribution in [0.3, 0.4) is 0 Å². The first kappa shape index (κ1) is 14.1. The van der Waals surface area contributed by atoms with E-state index in [0.29, 0.717) is 6.04 Å². The summed E-state index contributed by atoms with van der Waals surface area (Å²) >= 11 is 0. The van der Waals surface area contributed by atoms with Gasteiger partial charge in [0.2, 0.25) is 0 Å². The number of nitrogens with zero attached hydrogens (tertiary/aromatic N) is 4. The van der Waals surface area contributed by atoms with Gasteiger partial charge in [-0.1, -0.05) is 19.3 Å². The molecule has 22 heavy (non-hydrogen) atoms. The fourth-order valence-corrected chi connectivity index (χ4v) is 3.98. The van der Waals surface area contributed by atoms with Crippen LogP contribution in [0.15, 0.2) is 12.4 Å². The predicted octanol–water partition coefficient (Wildman–Crippen LogP) is 1.85. The second-order valence-corrected chi connectivity index (χ2v) is 6.94. The number of rotatable bonds is 4. The van der Waals surface area contributed by atoms with Crippen LogP contribution in [0.5, 0.6) is 0 Å². The van der Waals surface area contributed by atoms with Crippen molar-refractivity contribution in [1.82, 2.24) is 20.0 Å². The van der Waals surface area contributed by atoms with Crippen LogP contribution < -0.4 is 10.2 Å². The van der Waals surface area contributed by atoms with Crippen molar-refractivity contribution in [2.24, 2.45) is 5.92 Å². The number of amides is 2. The highest BCUT2D eigenvalue weighted by molar-refractivity contribution is 5.93. The van der Waals surface area contributed by atoms with Gasteiger partial charge in [-0.25, -0.2) is 4.79 Å². The number of hydrogen-bond donors (Lipinski definition) is 1. The number of urea groups is 1. The first-order chi connectivity index (χ1) is 10.8. The van der Waals surface area contributed by atoms with Crippen molar-refractivity contribution in [1.29, 1.82) is 0 Å². The van der Waals surface area contributed by atoms with Gasteiger partial charge in [0.25, 0.3) is 0 Å². The van der Waals surface area contributed by atoms with Crippen molar-refractivity contribution in [2.75, 3.05) is 37.6 Å². The second kappa shape index (κ2) is 5.91. The van der Waals surface area contributed by atoms with E-state index in [2.05, 4.69) is 15.3 Å². The molecule has 2 aliphatic heterocycles. The van der Waals surface area contributed by atoms with Crippen LogP contribution in [0.1, 0.15) is 38.1 Å². The van der Waals surface area contributed by atoms with Gasteiger partial charge in [-0.15, -0.1) is 0 Å². The van der Waals surface area contributed by atoms with E-state index < -0.39 is 0 Å². The zero-order valence-electron chi connectivity index (χ0n) is 13.1. The summed E-state index contributed by atoms with van der Waals surface area (Å²) in [5.74, 6) is 0.913. The minimum absolute atomic E-state index is 0.00733. The molecule has 0 aromatic carbocycles. The Hall–Kier alpha value is -1.56. The molecule has 0 spiro atoms. The predicted molar refractivity (Wildman–Crippen MR) is 85.0 cm³/mol. The first-order valence-electron chi connectivity index (χ1n) is 8.61. The van der Waals surface area contributed by atoms with E-state index in [0.717, 1.165) is 37.8 Å². The number of carbonyl (C=O) groups excluding carboxylic acids is 1. The van der Waals surface area contributed by atoms with Crippen LogP contribution in [0.25, 0.3) is 0 Å². The lowest BCUT2D eigenvalue weighted by molar-refractivity contribution is 0.0726. The van der Waals surface area contributed by atoms with Crippen LogP contribution in [0, 0.1) is 5.92 Å². The van der Waals surface area contributed by atoms with Crippen LogP contribution in [-0.2, 0) is 0 Å². The van der Waals surface area contributed by atoms with E-state index in [-0.39, 0.29) is 6.03 Å². The Morgan fingerprint density at radius 3 is 2.77 bits per heavy atom. The van der Waals surface area contributed by atoms with Crippen molar-refractivity contribution in [3.8, 4) is 0 Å². The van der Waals surface area contributed by atoms with Crippen LogP contribution in [-0.4, -0.2) is 53.4 Å². The smallest absolute Gasteiger partial charge is 0.322 e. The Kier molecular flexibility index (Phi) is 3.78. The Labute approximate surface area is 131 Å². The summed E-state index contributed by atoms with van der Waals surface area (Å²) in [5, 5.41) is 7.30. The third kappa shape index (κ3) is 2.72. The summed E-state index contributed by atoms with van der Waals surface area (Å²) in [5.41, 5.74) is 0.917. The molecule has 1 aromatic heterocycles. The average Bonchev–Trinajstić information content (AvgIpc) is 3.12. The molecule has 6 heteroatoms. The third-order valence-electron chi connectivity index (χ3n) is 5.31. The average molecular weight is 303 g/mol. The Morgan fingerprint density at radius 2 is 2.05 bits per heavy atom. The van der Waals surface area contributed by atoms with Crippen molar-refractivity contribution in [2.45, 2.75) is 38.1 Å². The fourth-order valence-electron chi connectivity index (χ4n) is 3.98. The first-order valence-corrected chi connectivity index (χ1v) is 8.61. The molecule has 120 valence electrons. The van der Waals surface area contributed by atoms with E-state index in [1.165, 1.54) is 38.6 Å². The molecule has 1 aliphatic carbocycles. The number of anilines is 1. The monoisotopic (exact) mass is 303 g/mol. The topological polar surface area (TPSA) is 53.4 Å². The molecule has 1 N–H and O–H groups in total. The van der Waals surface area contributed by atoms with Crippen molar-refractivity contribution in [3.05, 3.63) is 12.4 Å². The molecule has 2 saturated heterocycles. The largest absolute Gasteiger partial charge is 0.336 e. The molecule has 0 atom stereocenters. The number of aromatic nitrogens is 2. The maximum atomic E-state index is 11.7. The van der Waals surface area contributed by atoms with Gasteiger partial charge in [-0.2, -0.15) is 5.10 Å². The molecule has 3 aliphatic rings. The van der Waals surface area contributed by atoms with Gasteiger partial charge in [0.05, 0.1) is 17.9 Å². The Balaban J connectivity index is 1.29. The van der Waals surface area contributed by atoms with Gasteiger partial charge in [-0.3, -0.25) is 14.5 Å². The van der Waals surface area contributed by atoms with E-state index >= 15 is 0 Å². The summed E-state index contributed by atoms with van der Waals surface area (Å²) in [7, 11) is 0. The van der Waals surface area contributed by atoms with Gasteiger partial charge in [0.15, 0.2) is 0 Å². The summed E-state index contributed by atoms with van der Waals surface area (Å²) in [6.07, 6.45) is 10.9. The maximum absolute atomic E-state index is 11.7. The highest BCUT2D eigenvalue weighted by atomic mass is 16.2. The summed E-state index contributed by atoms with van der Waals surface area (Å²) in [6.45, 7) is 4.93. The lowest BCUT2D eigenvalue weighted by atomic mass is 9.88. The van der Waals surface area contributed by atoms with Crippen LogP contribution in [0.4, 0.5) is 10.5 Å². The highest BCUT2D eigenvalue weighted by Crippen LogP contribution is 2.29. The molecular weight excluding hydrogens is 278 g/mol. The number of nitrogens with one attached hydrogen (secondary N) is 1. The lowest BCUT2D eigenvalue weighted by Gasteiger charge is -2.41. The van der Waals surface area contributed by atoms with E-state index in [1.54, 1.807) is 4.90 Å². The fraction of sp³-hybridized carbons (Fsp3) is 0.750. The lowest BCUT2D eigenvalue weighted by Crippen LogP contribution is -2.49. The summed E-state index contributed by atoms with van der Waals surface area (Å²) in [4.78, 5) is 16.0. The minimum Gasteiger partial charge on any atom is -0.336 e. The normalized spacial score (nSPS) is 24.5. The van der Waals surface area contributed by atoms with Crippen LogP contribution >= 0.6 is 0 Å². The molecular formula is C16H25N5O. The Bertz CT molecular complexity index is 530. The third-order valence-corrected chi connectivity index (χ3v) is 5.31. The quantitative estimate of drug-likeness (QED) is 0.923. The standard InChI is InChI=1S/C16H25N5O/c22-16-17-6-7-20(16)14-8-18-21(12-14)15-10-19(11-15)9-13-4-2-1-3-5-13/h8,12-13,15H,1-7,9-11H2,(H,17,22). The van der Waals surface area contributed by atoms with E-state index in [4.69, 9.17) is 0 Å². The van der Waals surface area contributed by atoms with Gasteiger partial charge in [0.1, 0.15) is 0 Å². The summed E-state index contributed by atoms with van der Waals surface area (Å²) < 4.78 is 2.04. The highest BCUT2D eigenvalue weighted by Gasteiger charge is 2.31. The van der Waals surface area contributed by atoms with Gasteiger partial charge in [-0.05, 0) is 18.8 Å². The zero-order chi connectivity index (χ0) is 14.9. The molecule has 0 unspecified atom stereocenters. The summed E-state index contributed by atoms with van der Waals surface area (Å²) in [6, 6.07) is 0.468. The molecule has 1 aromatic rings. The Morgan fingerprint density at radius 1 is 1.23 bits per heavy atom. The van der Waals surface area contributed by atoms with E-state index in [1.807, 2.05) is 17.1 Å². The second-order valence-electron chi connectivity index (χ2n) is 6.94. The molecule has 0 radical (unpaired) electrons. The van der Waals surface area contributed by atoms with Crippen molar-refractivity contribution < 1.29 is 4.79 Å². The van der Waals surface area contributed by atoms with Crippen molar-refractivity contribution >= 4 is 11.7 Å². The zero-order valence-corrected chi connectivity index (χ0v) is 13.1. The maximum Gasteiger partial charge on any atom is 0.322 e. The van der Waals surface area contributed by atoms with Gasteiger partial charge >= 0.3 is 6.03 Å². The van der Waals surface area contributed by atoms with E-state index in [9.17, 15) is 4.79 Å². The number of hydrogen-bond acceptors (Lipinski definition) is 3. The molecule has 1 saturated carbocycles. The molecule has 4 rings (SSSR count). The minimum atomic E-state index is -0.00733. The molecule has 6 nitrogen and oxygen atoms in total. The van der Waals surface area contributed by atoms with Gasteiger partial charge < -0.3 is 5.32 Å².